The van der Waals surface area contributed by atoms with E-state index in [2.05, 4.69) is 23.6 Å². The van der Waals surface area contributed by atoms with E-state index in [1.165, 1.54) is 4.88 Å². The molecular formula is C12H18N2OS. The second-order valence-corrected chi connectivity index (χ2v) is 5.47. The van der Waals surface area contributed by atoms with Gasteiger partial charge in [0.1, 0.15) is 0 Å². The summed E-state index contributed by atoms with van der Waals surface area (Å²) in [6, 6.07) is 4.20. The minimum absolute atomic E-state index is 0.125. The maximum atomic E-state index is 12.0. The molecule has 1 fully saturated rings. The van der Waals surface area contributed by atoms with Gasteiger partial charge in [-0.25, -0.2) is 0 Å². The van der Waals surface area contributed by atoms with Gasteiger partial charge in [0.15, 0.2) is 0 Å². The smallest absolute Gasteiger partial charge is 0.225 e. The summed E-state index contributed by atoms with van der Waals surface area (Å²) < 4.78 is 0. The molecule has 0 unspecified atom stereocenters. The second kappa shape index (κ2) is 4.97. The van der Waals surface area contributed by atoms with Gasteiger partial charge in [-0.1, -0.05) is 13.0 Å². The molecule has 88 valence electrons. The van der Waals surface area contributed by atoms with Crippen molar-refractivity contribution in [2.45, 2.75) is 19.9 Å². The fraction of sp³-hybridized carbons (Fsp3) is 0.583. The molecule has 1 saturated heterocycles. The predicted molar refractivity (Wildman–Crippen MR) is 66.4 cm³/mol. The summed E-state index contributed by atoms with van der Waals surface area (Å²) in [6.45, 7) is 5.92. The number of carbonyl (C=O) groups is 1. The molecule has 1 aliphatic heterocycles. The van der Waals surface area contributed by atoms with E-state index in [9.17, 15) is 4.79 Å². The van der Waals surface area contributed by atoms with E-state index in [4.69, 9.17) is 0 Å². The topological polar surface area (TPSA) is 41.1 Å². The molecule has 0 radical (unpaired) electrons. The number of hydrogen-bond acceptors (Lipinski definition) is 3. The summed E-state index contributed by atoms with van der Waals surface area (Å²) in [6.07, 6.45) is 0. The molecule has 0 spiro atoms. The predicted octanol–water partition coefficient (Wildman–Crippen LogP) is 1.78. The van der Waals surface area contributed by atoms with Gasteiger partial charge >= 0.3 is 0 Å². The minimum Gasteiger partial charge on any atom is -0.348 e. The number of rotatable bonds is 3. The zero-order valence-corrected chi connectivity index (χ0v) is 10.5. The first-order valence-electron chi connectivity index (χ1n) is 5.73. The van der Waals surface area contributed by atoms with Crippen LogP contribution in [0.4, 0.5) is 0 Å². The van der Waals surface area contributed by atoms with Gasteiger partial charge in [0.2, 0.25) is 5.91 Å². The Labute approximate surface area is 100 Å². The van der Waals surface area contributed by atoms with E-state index in [0.717, 1.165) is 13.1 Å². The van der Waals surface area contributed by atoms with Crippen LogP contribution in [0.25, 0.3) is 0 Å². The van der Waals surface area contributed by atoms with E-state index in [-0.39, 0.29) is 17.9 Å². The van der Waals surface area contributed by atoms with Crippen LogP contribution in [0.5, 0.6) is 0 Å². The molecule has 0 bridgehead atoms. The SMILES string of the molecule is C[C@H](NC(=O)[C@@H]1CNC[C@H]1C)c1cccs1. The fourth-order valence-electron chi connectivity index (χ4n) is 2.09. The molecule has 1 aliphatic rings. The van der Waals surface area contributed by atoms with Crippen molar-refractivity contribution >= 4 is 17.2 Å². The van der Waals surface area contributed by atoms with E-state index in [1.807, 2.05) is 18.4 Å². The third kappa shape index (κ3) is 2.44. The fourth-order valence-corrected chi connectivity index (χ4v) is 2.82. The first kappa shape index (κ1) is 11.6. The van der Waals surface area contributed by atoms with Gasteiger partial charge in [-0.2, -0.15) is 0 Å². The van der Waals surface area contributed by atoms with Gasteiger partial charge in [-0.3, -0.25) is 4.79 Å². The summed E-state index contributed by atoms with van der Waals surface area (Å²) >= 11 is 1.69. The Kier molecular flexibility index (Phi) is 3.61. The Morgan fingerprint density at radius 3 is 3.00 bits per heavy atom. The van der Waals surface area contributed by atoms with Crippen LogP contribution in [0.3, 0.4) is 0 Å². The maximum Gasteiger partial charge on any atom is 0.225 e. The summed E-state index contributed by atoms with van der Waals surface area (Å²) in [5.74, 6) is 0.747. The Morgan fingerprint density at radius 2 is 2.44 bits per heavy atom. The molecule has 1 amide bonds. The van der Waals surface area contributed by atoms with E-state index >= 15 is 0 Å². The molecule has 0 saturated carbocycles. The zero-order chi connectivity index (χ0) is 11.5. The molecular weight excluding hydrogens is 220 g/mol. The summed E-state index contributed by atoms with van der Waals surface area (Å²) in [5, 5.41) is 8.38. The molecule has 16 heavy (non-hydrogen) atoms. The third-order valence-electron chi connectivity index (χ3n) is 3.18. The first-order valence-corrected chi connectivity index (χ1v) is 6.61. The lowest BCUT2D eigenvalue weighted by Gasteiger charge is -2.18. The van der Waals surface area contributed by atoms with Gasteiger partial charge < -0.3 is 10.6 Å². The average molecular weight is 238 g/mol. The monoisotopic (exact) mass is 238 g/mol. The lowest BCUT2D eigenvalue weighted by atomic mass is 9.97. The van der Waals surface area contributed by atoms with Crippen LogP contribution in [0.15, 0.2) is 17.5 Å². The highest BCUT2D eigenvalue weighted by Gasteiger charge is 2.30. The van der Waals surface area contributed by atoms with Crippen LogP contribution < -0.4 is 10.6 Å². The van der Waals surface area contributed by atoms with Crippen LogP contribution in [-0.2, 0) is 4.79 Å². The molecule has 0 aliphatic carbocycles. The molecule has 0 aromatic carbocycles. The van der Waals surface area contributed by atoms with Gasteiger partial charge in [0.05, 0.1) is 12.0 Å². The number of hydrogen-bond donors (Lipinski definition) is 2. The van der Waals surface area contributed by atoms with Crippen LogP contribution in [-0.4, -0.2) is 19.0 Å². The molecule has 4 heteroatoms. The van der Waals surface area contributed by atoms with Gasteiger partial charge in [-0.15, -0.1) is 11.3 Å². The van der Waals surface area contributed by atoms with Crippen molar-refractivity contribution in [3.63, 3.8) is 0 Å². The lowest BCUT2D eigenvalue weighted by Crippen LogP contribution is -2.35. The summed E-state index contributed by atoms with van der Waals surface area (Å²) in [7, 11) is 0. The molecule has 1 aromatic rings. The highest BCUT2D eigenvalue weighted by Crippen LogP contribution is 2.21. The Balaban J connectivity index is 1.92. The standard InChI is InChI=1S/C12H18N2OS/c1-8-6-13-7-10(8)12(15)14-9(2)11-4-3-5-16-11/h3-5,8-10,13H,6-7H2,1-2H3,(H,14,15)/t8-,9+,10-/m1/s1. The van der Waals surface area contributed by atoms with Crippen molar-refractivity contribution in [3.05, 3.63) is 22.4 Å². The van der Waals surface area contributed by atoms with Gasteiger partial charge in [0, 0.05) is 11.4 Å². The van der Waals surface area contributed by atoms with E-state index in [1.54, 1.807) is 11.3 Å². The Hall–Kier alpha value is -0.870. The quantitative estimate of drug-likeness (QED) is 0.843. The van der Waals surface area contributed by atoms with Gasteiger partial charge in [0.25, 0.3) is 0 Å². The van der Waals surface area contributed by atoms with Crippen molar-refractivity contribution in [2.24, 2.45) is 11.8 Å². The second-order valence-electron chi connectivity index (χ2n) is 4.49. The summed E-state index contributed by atoms with van der Waals surface area (Å²) in [5.41, 5.74) is 0. The number of carbonyl (C=O) groups excluding carboxylic acids is 1. The summed E-state index contributed by atoms with van der Waals surface area (Å²) in [4.78, 5) is 13.2. The minimum atomic E-state index is 0.125. The highest BCUT2D eigenvalue weighted by molar-refractivity contribution is 7.10. The van der Waals surface area contributed by atoms with Crippen LogP contribution >= 0.6 is 11.3 Å². The first-order chi connectivity index (χ1) is 7.68. The molecule has 3 nitrogen and oxygen atoms in total. The van der Waals surface area contributed by atoms with Crippen molar-refractivity contribution in [1.29, 1.82) is 0 Å². The van der Waals surface area contributed by atoms with E-state index in [0.29, 0.717) is 5.92 Å². The van der Waals surface area contributed by atoms with Crippen molar-refractivity contribution in [3.8, 4) is 0 Å². The number of nitrogens with one attached hydrogen (secondary N) is 2. The highest BCUT2D eigenvalue weighted by atomic mass is 32.1. The van der Waals surface area contributed by atoms with Crippen molar-refractivity contribution in [2.75, 3.05) is 13.1 Å². The average Bonchev–Trinajstić information content (AvgIpc) is 2.86. The van der Waals surface area contributed by atoms with Crippen molar-refractivity contribution < 1.29 is 4.79 Å². The van der Waals surface area contributed by atoms with Gasteiger partial charge in [-0.05, 0) is 30.8 Å². The zero-order valence-electron chi connectivity index (χ0n) is 9.69. The van der Waals surface area contributed by atoms with Crippen molar-refractivity contribution in [1.82, 2.24) is 10.6 Å². The number of amides is 1. The molecule has 3 atom stereocenters. The van der Waals surface area contributed by atoms with Crippen LogP contribution in [0, 0.1) is 11.8 Å². The molecule has 2 heterocycles. The van der Waals surface area contributed by atoms with Crippen LogP contribution in [0.1, 0.15) is 24.8 Å². The Morgan fingerprint density at radius 1 is 1.62 bits per heavy atom. The molecule has 2 rings (SSSR count). The number of thiophene rings is 1. The maximum absolute atomic E-state index is 12.0. The van der Waals surface area contributed by atoms with E-state index < -0.39 is 0 Å². The Bertz CT molecular complexity index is 350. The largest absolute Gasteiger partial charge is 0.348 e. The normalized spacial score (nSPS) is 26.6. The lowest BCUT2D eigenvalue weighted by molar-refractivity contribution is -0.126. The third-order valence-corrected chi connectivity index (χ3v) is 4.24. The molecule has 1 aromatic heterocycles. The van der Waals surface area contributed by atoms with Crippen LogP contribution in [0.2, 0.25) is 0 Å². The molecule has 2 N–H and O–H groups in total.